The molecule has 0 saturated carbocycles. The highest BCUT2D eigenvalue weighted by molar-refractivity contribution is 5.84. The Morgan fingerprint density at radius 3 is 2.53 bits per heavy atom. The first-order valence-electron chi connectivity index (χ1n) is 5.75. The molecule has 6 nitrogen and oxygen atoms in total. The number of rotatable bonds is 5. The molecule has 0 aromatic heterocycles. The van der Waals surface area contributed by atoms with E-state index in [9.17, 15) is 9.59 Å². The molecule has 6 heteroatoms. The van der Waals surface area contributed by atoms with E-state index in [1.54, 1.807) is 0 Å². The van der Waals surface area contributed by atoms with E-state index in [2.05, 4.69) is 0 Å². The Morgan fingerprint density at radius 2 is 2.12 bits per heavy atom. The Hall–Kier alpha value is -1.14. The Balaban J connectivity index is 2.67. The molecule has 0 aliphatic carbocycles. The van der Waals surface area contributed by atoms with Crippen LogP contribution < -0.4 is 5.73 Å². The molecule has 1 aliphatic heterocycles. The number of carboxylic acids is 1. The lowest BCUT2D eigenvalue weighted by atomic mass is 10.0. The summed E-state index contributed by atoms with van der Waals surface area (Å²) < 4.78 is 5.13. The number of carbonyl (C=O) groups excluding carboxylic acids is 1. The summed E-state index contributed by atoms with van der Waals surface area (Å²) in [6, 6.07) is -0.328. The van der Waals surface area contributed by atoms with Gasteiger partial charge < -0.3 is 20.5 Å². The van der Waals surface area contributed by atoms with Crippen molar-refractivity contribution in [3.8, 4) is 0 Å². The van der Waals surface area contributed by atoms with Crippen LogP contribution in [0, 0.1) is 11.8 Å². The molecule has 0 spiro atoms. The van der Waals surface area contributed by atoms with Crippen molar-refractivity contribution in [2.45, 2.75) is 19.9 Å². The zero-order valence-electron chi connectivity index (χ0n) is 10.3. The van der Waals surface area contributed by atoms with Crippen molar-refractivity contribution in [1.82, 2.24) is 4.90 Å². The lowest BCUT2D eigenvalue weighted by Gasteiger charge is -2.26. The summed E-state index contributed by atoms with van der Waals surface area (Å²) in [5, 5.41) is 8.80. The second-order valence-electron chi connectivity index (χ2n) is 4.81. The van der Waals surface area contributed by atoms with Crippen LogP contribution in [0.5, 0.6) is 0 Å². The molecular formula is C11H20N2O4. The van der Waals surface area contributed by atoms with Gasteiger partial charge in [0.1, 0.15) is 6.54 Å². The van der Waals surface area contributed by atoms with Gasteiger partial charge in [0.25, 0.3) is 0 Å². The molecule has 98 valence electrons. The third-order valence-electron chi connectivity index (χ3n) is 2.67. The van der Waals surface area contributed by atoms with Crippen LogP contribution in [0.15, 0.2) is 0 Å². The van der Waals surface area contributed by atoms with Crippen molar-refractivity contribution in [2.24, 2.45) is 17.6 Å². The molecule has 1 aliphatic rings. The van der Waals surface area contributed by atoms with Gasteiger partial charge in [-0.25, -0.2) is 0 Å². The first-order valence-corrected chi connectivity index (χ1v) is 5.75. The second-order valence-corrected chi connectivity index (χ2v) is 4.81. The number of nitrogens with two attached hydrogens (primary N) is 1. The smallest absolute Gasteiger partial charge is 0.323 e. The summed E-state index contributed by atoms with van der Waals surface area (Å²) in [6.45, 7) is 4.67. The molecule has 3 N–H and O–H groups in total. The molecule has 2 atom stereocenters. The van der Waals surface area contributed by atoms with E-state index in [1.807, 2.05) is 13.8 Å². The molecule has 0 aromatic carbocycles. The minimum atomic E-state index is -1.01. The summed E-state index contributed by atoms with van der Waals surface area (Å²) in [5.41, 5.74) is 5.76. The zero-order chi connectivity index (χ0) is 13.0. The SMILES string of the molecule is CC(C)CN(CC(=O)O)C(=O)C1COCC1N. The van der Waals surface area contributed by atoms with Gasteiger partial charge in [0, 0.05) is 12.6 Å². The monoisotopic (exact) mass is 244 g/mol. The molecule has 1 saturated heterocycles. The van der Waals surface area contributed by atoms with Crippen LogP contribution in [0.4, 0.5) is 0 Å². The van der Waals surface area contributed by atoms with Gasteiger partial charge in [0.05, 0.1) is 19.1 Å². The summed E-state index contributed by atoms with van der Waals surface area (Å²) in [5.74, 6) is -1.41. The van der Waals surface area contributed by atoms with Gasteiger partial charge in [-0.2, -0.15) is 0 Å². The minimum Gasteiger partial charge on any atom is -0.480 e. The number of carboxylic acid groups (broad SMARTS) is 1. The molecule has 0 aromatic rings. The minimum absolute atomic E-state index is 0.217. The predicted octanol–water partition coefficient (Wildman–Crippen LogP) is -0.471. The summed E-state index contributed by atoms with van der Waals surface area (Å²) >= 11 is 0. The van der Waals surface area contributed by atoms with E-state index < -0.39 is 11.9 Å². The number of carbonyl (C=O) groups is 2. The van der Waals surface area contributed by atoms with Crippen LogP contribution in [0.25, 0.3) is 0 Å². The van der Waals surface area contributed by atoms with Crippen molar-refractivity contribution < 1.29 is 19.4 Å². The van der Waals surface area contributed by atoms with Crippen molar-refractivity contribution >= 4 is 11.9 Å². The van der Waals surface area contributed by atoms with E-state index in [4.69, 9.17) is 15.6 Å². The largest absolute Gasteiger partial charge is 0.480 e. The highest BCUT2D eigenvalue weighted by Gasteiger charge is 2.35. The van der Waals surface area contributed by atoms with Crippen molar-refractivity contribution in [2.75, 3.05) is 26.3 Å². The van der Waals surface area contributed by atoms with Crippen LogP contribution in [0.1, 0.15) is 13.8 Å². The Labute approximate surface area is 101 Å². The van der Waals surface area contributed by atoms with Gasteiger partial charge in [0.2, 0.25) is 5.91 Å². The molecule has 1 heterocycles. The van der Waals surface area contributed by atoms with E-state index in [0.717, 1.165) is 0 Å². The van der Waals surface area contributed by atoms with Gasteiger partial charge in [-0.05, 0) is 5.92 Å². The number of ether oxygens (including phenoxy) is 1. The summed E-state index contributed by atoms with van der Waals surface area (Å²) in [4.78, 5) is 24.2. The molecule has 0 bridgehead atoms. The predicted molar refractivity (Wildman–Crippen MR) is 61.3 cm³/mol. The highest BCUT2D eigenvalue weighted by atomic mass is 16.5. The van der Waals surface area contributed by atoms with Crippen molar-refractivity contribution in [3.05, 3.63) is 0 Å². The van der Waals surface area contributed by atoms with Crippen LogP contribution in [0.3, 0.4) is 0 Å². The van der Waals surface area contributed by atoms with E-state index in [-0.39, 0.29) is 31.0 Å². The fourth-order valence-corrected chi connectivity index (χ4v) is 1.90. The molecule has 1 fully saturated rings. The Kier molecular flexibility index (Phi) is 4.89. The van der Waals surface area contributed by atoms with Crippen LogP contribution in [0.2, 0.25) is 0 Å². The van der Waals surface area contributed by atoms with Crippen LogP contribution in [-0.4, -0.2) is 54.2 Å². The van der Waals surface area contributed by atoms with Crippen molar-refractivity contribution in [1.29, 1.82) is 0 Å². The molecule has 1 rings (SSSR count). The third kappa shape index (κ3) is 3.98. The highest BCUT2D eigenvalue weighted by Crippen LogP contribution is 2.15. The number of amides is 1. The maximum atomic E-state index is 12.1. The Morgan fingerprint density at radius 1 is 1.47 bits per heavy atom. The number of hydrogen-bond acceptors (Lipinski definition) is 4. The van der Waals surface area contributed by atoms with E-state index in [1.165, 1.54) is 4.90 Å². The maximum Gasteiger partial charge on any atom is 0.323 e. The number of aliphatic carboxylic acids is 1. The molecule has 17 heavy (non-hydrogen) atoms. The molecule has 2 unspecified atom stereocenters. The van der Waals surface area contributed by atoms with E-state index in [0.29, 0.717) is 13.2 Å². The third-order valence-corrected chi connectivity index (χ3v) is 2.67. The van der Waals surface area contributed by atoms with Gasteiger partial charge >= 0.3 is 5.97 Å². The first-order chi connectivity index (χ1) is 7.91. The standard InChI is InChI=1S/C11H20N2O4/c1-7(2)3-13(4-10(14)15)11(16)8-5-17-6-9(8)12/h7-9H,3-6,12H2,1-2H3,(H,14,15). The number of hydrogen-bond donors (Lipinski definition) is 2. The van der Waals surface area contributed by atoms with Gasteiger partial charge in [-0.3, -0.25) is 9.59 Å². The Bertz CT molecular complexity index is 293. The van der Waals surface area contributed by atoms with Crippen LogP contribution in [-0.2, 0) is 14.3 Å². The average Bonchev–Trinajstić information content (AvgIpc) is 2.61. The topological polar surface area (TPSA) is 92.9 Å². The van der Waals surface area contributed by atoms with Gasteiger partial charge in [-0.15, -0.1) is 0 Å². The van der Waals surface area contributed by atoms with Gasteiger partial charge in [0.15, 0.2) is 0 Å². The first kappa shape index (κ1) is 13.9. The quantitative estimate of drug-likeness (QED) is 0.682. The van der Waals surface area contributed by atoms with Crippen molar-refractivity contribution in [3.63, 3.8) is 0 Å². The van der Waals surface area contributed by atoms with Crippen LogP contribution >= 0.6 is 0 Å². The van der Waals surface area contributed by atoms with E-state index >= 15 is 0 Å². The fourth-order valence-electron chi connectivity index (χ4n) is 1.90. The normalized spacial score (nSPS) is 24.0. The summed E-state index contributed by atoms with van der Waals surface area (Å²) in [6.07, 6.45) is 0. The zero-order valence-corrected chi connectivity index (χ0v) is 10.3. The van der Waals surface area contributed by atoms with Gasteiger partial charge in [-0.1, -0.05) is 13.8 Å². The molecule has 1 amide bonds. The fraction of sp³-hybridized carbons (Fsp3) is 0.818. The average molecular weight is 244 g/mol. The lowest BCUT2D eigenvalue weighted by molar-refractivity contribution is -0.146. The maximum absolute atomic E-state index is 12.1. The molecule has 0 radical (unpaired) electrons. The lowest BCUT2D eigenvalue weighted by Crippen LogP contribution is -2.46. The molecular weight excluding hydrogens is 224 g/mol. The number of nitrogens with zero attached hydrogens (tertiary/aromatic N) is 1. The second kappa shape index (κ2) is 5.97. The summed E-state index contributed by atoms with van der Waals surface area (Å²) in [7, 11) is 0.